The summed E-state index contributed by atoms with van der Waals surface area (Å²) >= 11 is 0. The Labute approximate surface area is 117 Å². The van der Waals surface area contributed by atoms with Gasteiger partial charge >= 0.3 is 5.76 Å². The van der Waals surface area contributed by atoms with Crippen molar-refractivity contribution < 1.29 is 13.2 Å². The number of H-pyrrole nitrogens is 1. The molecule has 0 aliphatic heterocycles. The van der Waals surface area contributed by atoms with Crippen LogP contribution < -0.4 is 16.8 Å². The van der Waals surface area contributed by atoms with Crippen molar-refractivity contribution in [3.63, 3.8) is 0 Å². The van der Waals surface area contributed by atoms with Crippen LogP contribution in [0.2, 0.25) is 0 Å². The first-order valence-electron chi connectivity index (χ1n) is 6.13. The topological polar surface area (TPSA) is 84.0 Å². The van der Waals surface area contributed by atoms with Crippen molar-refractivity contribution in [1.82, 2.24) is 4.98 Å². The number of nitrogen functional groups attached to an aromatic ring is 1. The van der Waals surface area contributed by atoms with Crippen molar-refractivity contribution in [3.05, 3.63) is 58.1 Å². The fourth-order valence-electron chi connectivity index (χ4n) is 2.04. The molecule has 0 saturated heterocycles. The maximum Gasteiger partial charge on any atom is 0.417 e. The van der Waals surface area contributed by atoms with Crippen LogP contribution in [0.5, 0.6) is 0 Å². The number of nitrogens with one attached hydrogen (secondary N) is 2. The van der Waals surface area contributed by atoms with Crippen LogP contribution in [0.4, 0.5) is 20.2 Å². The lowest BCUT2D eigenvalue weighted by Gasteiger charge is -2.10. The van der Waals surface area contributed by atoms with Gasteiger partial charge in [-0.05, 0) is 24.3 Å². The first-order valence-corrected chi connectivity index (χ1v) is 6.13. The van der Waals surface area contributed by atoms with Gasteiger partial charge < -0.3 is 15.5 Å². The van der Waals surface area contributed by atoms with Gasteiger partial charge in [-0.2, -0.15) is 0 Å². The van der Waals surface area contributed by atoms with E-state index in [1.807, 2.05) is 0 Å². The highest BCUT2D eigenvalue weighted by atomic mass is 19.1. The lowest BCUT2D eigenvalue weighted by molar-refractivity contribution is 0.555. The van der Waals surface area contributed by atoms with Crippen LogP contribution in [-0.2, 0) is 6.54 Å². The Bertz CT molecular complexity index is 870. The molecule has 0 unspecified atom stereocenters. The van der Waals surface area contributed by atoms with Gasteiger partial charge in [-0.1, -0.05) is 0 Å². The number of oxazole rings is 1. The molecule has 5 nitrogen and oxygen atoms in total. The van der Waals surface area contributed by atoms with E-state index >= 15 is 0 Å². The third-order valence-corrected chi connectivity index (χ3v) is 3.07. The van der Waals surface area contributed by atoms with Gasteiger partial charge in [-0.15, -0.1) is 0 Å². The minimum Gasteiger partial charge on any atom is -0.408 e. The van der Waals surface area contributed by atoms with E-state index in [-0.39, 0.29) is 12.1 Å². The minimum atomic E-state index is -0.585. The summed E-state index contributed by atoms with van der Waals surface area (Å²) < 4.78 is 31.5. The molecule has 0 amide bonds. The molecule has 1 heterocycles. The number of benzene rings is 2. The number of rotatable bonds is 3. The monoisotopic (exact) mass is 291 g/mol. The normalized spacial score (nSPS) is 11.0. The molecular formula is C14H11F2N3O2. The molecule has 0 aliphatic rings. The number of halogens is 2. The number of nitrogens with two attached hydrogens (primary N) is 1. The fourth-order valence-corrected chi connectivity index (χ4v) is 2.04. The van der Waals surface area contributed by atoms with Crippen molar-refractivity contribution >= 4 is 22.5 Å². The molecule has 2 aromatic carbocycles. The molecule has 4 N–H and O–H groups in total. The van der Waals surface area contributed by atoms with E-state index in [9.17, 15) is 13.6 Å². The first-order chi connectivity index (χ1) is 10.0. The van der Waals surface area contributed by atoms with E-state index in [0.29, 0.717) is 22.5 Å². The molecule has 0 saturated carbocycles. The largest absolute Gasteiger partial charge is 0.417 e. The second-order valence-corrected chi connectivity index (χ2v) is 4.54. The summed E-state index contributed by atoms with van der Waals surface area (Å²) in [6.07, 6.45) is 0. The van der Waals surface area contributed by atoms with E-state index in [4.69, 9.17) is 10.2 Å². The minimum absolute atomic E-state index is 0.0569. The highest BCUT2D eigenvalue weighted by Gasteiger charge is 2.08. The molecule has 0 fully saturated rings. The molecule has 21 heavy (non-hydrogen) atoms. The molecule has 0 radical (unpaired) electrons. The quantitative estimate of drug-likeness (QED) is 0.648. The molecular weight excluding hydrogens is 280 g/mol. The number of hydrogen-bond acceptors (Lipinski definition) is 4. The molecule has 108 valence electrons. The summed E-state index contributed by atoms with van der Waals surface area (Å²) in [6.45, 7) is 0.0569. The Morgan fingerprint density at radius 2 is 2.05 bits per heavy atom. The first kappa shape index (κ1) is 13.2. The highest BCUT2D eigenvalue weighted by molar-refractivity contribution is 5.85. The summed E-state index contributed by atoms with van der Waals surface area (Å²) in [5, 5.41) is 2.90. The molecule has 3 rings (SSSR count). The van der Waals surface area contributed by atoms with Crippen molar-refractivity contribution in [2.75, 3.05) is 11.1 Å². The summed E-state index contributed by atoms with van der Waals surface area (Å²) in [7, 11) is 0. The predicted molar refractivity (Wildman–Crippen MR) is 74.9 cm³/mol. The summed E-state index contributed by atoms with van der Waals surface area (Å²) in [4.78, 5) is 13.6. The van der Waals surface area contributed by atoms with Gasteiger partial charge in [0.05, 0.1) is 16.9 Å². The maximum absolute atomic E-state index is 13.5. The second kappa shape index (κ2) is 4.93. The van der Waals surface area contributed by atoms with Gasteiger partial charge in [0, 0.05) is 18.2 Å². The second-order valence-electron chi connectivity index (χ2n) is 4.54. The third-order valence-electron chi connectivity index (χ3n) is 3.07. The predicted octanol–water partition coefficient (Wildman–Crippen LogP) is 2.59. The van der Waals surface area contributed by atoms with Crippen LogP contribution >= 0.6 is 0 Å². The summed E-state index contributed by atoms with van der Waals surface area (Å²) in [5.74, 6) is -1.62. The zero-order valence-corrected chi connectivity index (χ0v) is 10.7. The van der Waals surface area contributed by atoms with Gasteiger partial charge in [0.25, 0.3) is 0 Å². The van der Waals surface area contributed by atoms with Gasteiger partial charge in [-0.3, -0.25) is 4.98 Å². The van der Waals surface area contributed by atoms with Crippen LogP contribution in [0.1, 0.15) is 5.56 Å². The third kappa shape index (κ3) is 2.58. The molecule has 7 heteroatoms. The molecule has 1 aromatic heterocycles. The zero-order valence-electron chi connectivity index (χ0n) is 10.7. The SMILES string of the molecule is Nc1cc2oc(=O)[nH]c2cc1NCc1cc(F)ccc1F. The average molecular weight is 291 g/mol. The molecule has 0 atom stereocenters. The molecule has 0 spiro atoms. The van der Waals surface area contributed by atoms with Crippen LogP contribution in [0.3, 0.4) is 0 Å². The number of fused-ring (bicyclic) bond motifs is 1. The standard InChI is InChI=1S/C14H11F2N3O2/c15-8-1-2-9(16)7(3-8)6-18-11-5-12-13(4-10(11)17)21-14(20)19-12/h1-5,18H,6,17H2,(H,19,20). The van der Waals surface area contributed by atoms with Gasteiger partial charge in [0.1, 0.15) is 11.6 Å². The average Bonchev–Trinajstić information content (AvgIpc) is 2.78. The van der Waals surface area contributed by atoms with E-state index in [0.717, 1.165) is 18.2 Å². The maximum atomic E-state index is 13.5. The van der Waals surface area contributed by atoms with E-state index < -0.39 is 17.4 Å². The van der Waals surface area contributed by atoms with Crippen molar-refractivity contribution in [2.45, 2.75) is 6.54 Å². The molecule has 0 bridgehead atoms. The Morgan fingerprint density at radius 3 is 2.86 bits per heavy atom. The highest BCUT2D eigenvalue weighted by Crippen LogP contribution is 2.25. The number of aromatic nitrogens is 1. The van der Waals surface area contributed by atoms with Crippen molar-refractivity contribution in [1.29, 1.82) is 0 Å². The smallest absolute Gasteiger partial charge is 0.408 e. The van der Waals surface area contributed by atoms with Crippen molar-refractivity contribution in [2.24, 2.45) is 0 Å². The van der Waals surface area contributed by atoms with Crippen LogP contribution in [-0.4, -0.2) is 4.98 Å². The summed E-state index contributed by atoms with van der Waals surface area (Å²) in [6, 6.07) is 6.28. The van der Waals surface area contributed by atoms with E-state index in [1.54, 1.807) is 6.07 Å². The van der Waals surface area contributed by atoms with Crippen LogP contribution in [0, 0.1) is 11.6 Å². The van der Waals surface area contributed by atoms with Gasteiger partial charge in [0.15, 0.2) is 5.58 Å². The zero-order chi connectivity index (χ0) is 15.0. The number of anilines is 2. The van der Waals surface area contributed by atoms with Crippen LogP contribution in [0.15, 0.2) is 39.5 Å². The van der Waals surface area contributed by atoms with E-state index in [2.05, 4.69) is 10.3 Å². The summed E-state index contributed by atoms with van der Waals surface area (Å²) in [5.41, 5.74) is 7.62. The van der Waals surface area contributed by atoms with Crippen molar-refractivity contribution in [3.8, 4) is 0 Å². The Kier molecular flexibility index (Phi) is 3.09. The lowest BCUT2D eigenvalue weighted by atomic mass is 10.2. The lowest BCUT2D eigenvalue weighted by Crippen LogP contribution is -2.04. The number of aromatic amines is 1. The Morgan fingerprint density at radius 1 is 1.24 bits per heavy atom. The Balaban J connectivity index is 1.89. The molecule has 0 aliphatic carbocycles. The van der Waals surface area contributed by atoms with Crippen LogP contribution in [0.25, 0.3) is 11.1 Å². The van der Waals surface area contributed by atoms with Gasteiger partial charge in [-0.25, -0.2) is 13.6 Å². The Hall–Kier alpha value is -2.83. The van der Waals surface area contributed by atoms with Gasteiger partial charge in [0.2, 0.25) is 0 Å². The number of hydrogen-bond donors (Lipinski definition) is 3. The fraction of sp³-hybridized carbons (Fsp3) is 0.0714. The van der Waals surface area contributed by atoms with E-state index in [1.165, 1.54) is 6.07 Å². The molecule has 3 aromatic rings.